The lowest BCUT2D eigenvalue weighted by Gasteiger charge is -2.38. The van der Waals surface area contributed by atoms with E-state index in [0.717, 1.165) is 60.1 Å². The minimum absolute atomic E-state index is 0. The van der Waals surface area contributed by atoms with E-state index >= 15 is 0 Å². The zero-order chi connectivity index (χ0) is 18.7. The molecule has 2 bridgehead atoms. The predicted octanol–water partition coefficient (Wildman–Crippen LogP) is 3.14. The number of amides is 1. The van der Waals surface area contributed by atoms with Gasteiger partial charge in [-0.15, -0.1) is 23.7 Å². The van der Waals surface area contributed by atoms with Crippen molar-refractivity contribution in [2.24, 2.45) is 23.5 Å². The Kier molecular flexibility index (Phi) is 5.27. The molecule has 1 aliphatic heterocycles. The normalized spacial score (nSPS) is 28.8. The Morgan fingerprint density at radius 3 is 2.57 bits per heavy atom. The van der Waals surface area contributed by atoms with Crippen LogP contribution >= 0.6 is 23.7 Å². The molecule has 152 valence electrons. The molecule has 3 heterocycles. The van der Waals surface area contributed by atoms with Crippen molar-refractivity contribution in [3.63, 3.8) is 0 Å². The third-order valence-corrected chi connectivity index (χ3v) is 7.93. The first kappa shape index (κ1) is 19.9. The molecule has 3 aliphatic rings. The van der Waals surface area contributed by atoms with Crippen LogP contribution < -0.4 is 5.73 Å². The van der Waals surface area contributed by atoms with E-state index in [2.05, 4.69) is 10.1 Å². The molecule has 8 heteroatoms. The Morgan fingerprint density at radius 2 is 1.93 bits per heavy atom. The largest absolute Gasteiger partial charge is 0.361 e. The number of rotatable bonds is 2. The van der Waals surface area contributed by atoms with Crippen molar-refractivity contribution in [3.8, 4) is 10.6 Å². The standard InChI is InChI=1S/C20H26N4O2S.ClH/c1-10-17(11(2)26-23-10)19-22-15-7-12(5-6-16(15)27-19)20(25)24-8-13-3-4-14(9-24)18(13)21;/h12-14,18H,3-9,21H2,1-2H3;1H/t12?,13-,14+,18?;. The second kappa shape index (κ2) is 7.43. The van der Waals surface area contributed by atoms with Crippen LogP contribution in [-0.2, 0) is 17.6 Å². The summed E-state index contributed by atoms with van der Waals surface area (Å²) in [5, 5.41) is 5.03. The summed E-state index contributed by atoms with van der Waals surface area (Å²) < 4.78 is 5.30. The Labute approximate surface area is 175 Å². The fourth-order valence-electron chi connectivity index (χ4n) is 5.19. The summed E-state index contributed by atoms with van der Waals surface area (Å²) in [6, 6.07) is 0.295. The van der Waals surface area contributed by atoms with Crippen molar-refractivity contribution in [2.75, 3.05) is 13.1 Å². The van der Waals surface area contributed by atoms with E-state index in [-0.39, 0.29) is 18.3 Å². The van der Waals surface area contributed by atoms with Crippen LogP contribution in [-0.4, -0.2) is 40.1 Å². The van der Waals surface area contributed by atoms with Gasteiger partial charge in [-0.3, -0.25) is 4.79 Å². The van der Waals surface area contributed by atoms with Gasteiger partial charge in [-0.1, -0.05) is 5.16 Å². The van der Waals surface area contributed by atoms with Gasteiger partial charge in [0.05, 0.1) is 17.0 Å². The van der Waals surface area contributed by atoms with Gasteiger partial charge in [0.25, 0.3) is 0 Å². The summed E-state index contributed by atoms with van der Waals surface area (Å²) in [6.45, 7) is 5.58. The highest BCUT2D eigenvalue weighted by Gasteiger charge is 2.42. The van der Waals surface area contributed by atoms with E-state index < -0.39 is 0 Å². The lowest BCUT2D eigenvalue weighted by Crippen LogP contribution is -2.52. The van der Waals surface area contributed by atoms with Crippen LogP contribution in [0.5, 0.6) is 0 Å². The highest BCUT2D eigenvalue weighted by atomic mass is 35.5. The number of fused-ring (bicyclic) bond motifs is 3. The summed E-state index contributed by atoms with van der Waals surface area (Å²) >= 11 is 1.73. The maximum absolute atomic E-state index is 13.2. The molecule has 2 unspecified atom stereocenters. The molecule has 6 nitrogen and oxygen atoms in total. The van der Waals surface area contributed by atoms with Gasteiger partial charge in [0.1, 0.15) is 10.8 Å². The van der Waals surface area contributed by atoms with Crippen LogP contribution in [0.2, 0.25) is 0 Å². The number of nitrogens with two attached hydrogens (primary N) is 1. The Morgan fingerprint density at radius 1 is 1.21 bits per heavy atom. The molecule has 1 saturated carbocycles. The number of halogens is 1. The number of aryl methyl sites for hydroxylation is 3. The molecule has 2 N–H and O–H groups in total. The second-order valence-electron chi connectivity index (χ2n) is 8.45. The molecule has 0 radical (unpaired) electrons. The monoisotopic (exact) mass is 422 g/mol. The molecule has 2 aliphatic carbocycles. The van der Waals surface area contributed by atoms with Crippen molar-refractivity contribution < 1.29 is 9.32 Å². The van der Waals surface area contributed by atoms with Crippen LogP contribution in [0.3, 0.4) is 0 Å². The van der Waals surface area contributed by atoms with Crippen LogP contribution in [0.15, 0.2) is 4.52 Å². The number of hydrogen-bond acceptors (Lipinski definition) is 6. The minimum atomic E-state index is 0. The van der Waals surface area contributed by atoms with E-state index in [0.29, 0.717) is 23.8 Å². The molecular formula is C20H27ClN4O2S. The van der Waals surface area contributed by atoms with E-state index in [1.165, 1.54) is 17.7 Å². The highest BCUT2D eigenvalue weighted by Crippen LogP contribution is 2.39. The van der Waals surface area contributed by atoms with Crippen LogP contribution in [0.1, 0.15) is 41.3 Å². The van der Waals surface area contributed by atoms with E-state index in [1.807, 2.05) is 13.8 Å². The maximum atomic E-state index is 13.2. The van der Waals surface area contributed by atoms with Gasteiger partial charge < -0.3 is 15.2 Å². The second-order valence-corrected chi connectivity index (χ2v) is 9.53. The van der Waals surface area contributed by atoms with E-state index in [4.69, 9.17) is 15.2 Å². The molecule has 28 heavy (non-hydrogen) atoms. The summed E-state index contributed by atoms with van der Waals surface area (Å²) in [5.41, 5.74) is 9.29. The molecule has 4 atom stereocenters. The topological polar surface area (TPSA) is 85.2 Å². The number of carbonyl (C=O) groups excluding carboxylic acids is 1. The summed E-state index contributed by atoms with van der Waals surface area (Å²) in [6.07, 6.45) is 4.97. The lowest BCUT2D eigenvalue weighted by molar-refractivity contribution is -0.138. The number of thiazole rings is 1. The fourth-order valence-corrected chi connectivity index (χ4v) is 6.44. The zero-order valence-electron chi connectivity index (χ0n) is 16.3. The average Bonchev–Trinajstić information content (AvgIpc) is 3.26. The third kappa shape index (κ3) is 3.17. The Bertz CT molecular complexity index is 861. The number of aromatic nitrogens is 2. The molecule has 2 fully saturated rings. The first-order valence-corrected chi connectivity index (χ1v) is 10.8. The summed E-state index contributed by atoms with van der Waals surface area (Å²) in [5.74, 6) is 2.18. The Balaban J connectivity index is 0.00000192. The summed E-state index contributed by atoms with van der Waals surface area (Å²) in [7, 11) is 0. The van der Waals surface area contributed by atoms with Gasteiger partial charge >= 0.3 is 0 Å². The van der Waals surface area contributed by atoms with E-state index in [9.17, 15) is 4.79 Å². The van der Waals surface area contributed by atoms with Crippen molar-refractivity contribution in [2.45, 2.75) is 52.0 Å². The molecular weight excluding hydrogens is 396 g/mol. The van der Waals surface area contributed by atoms with Gasteiger partial charge in [-0.05, 0) is 51.4 Å². The van der Waals surface area contributed by atoms with Gasteiger partial charge in [-0.25, -0.2) is 4.98 Å². The number of likely N-dealkylation sites (tertiary alicyclic amines) is 1. The molecule has 5 rings (SSSR count). The quantitative estimate of drug-likeness (QED) is 0.803. The van der Waals surface area contributed by atoms with Gasteiger partial charge in [0.2, 0.25) is 5.91 Å². The minimum Gasteiger partial charge on any atom is -0.361 e. The predicted molar refractivity (Wildman–Crippen MR) is 111 cm³/mol. The first-order chi connectivity index (χ1) is 13.0. The first-order valence-electron chi connectivity index (χ1n) is 9.97. The lowest BCUT2D eigenvalue weighted by atomic mass is 9.87. The zero-order valence-corrected chi connectivity index (χ0v) is 17.9. The van der Waals surface area contributed by atoms with Gasteiger partial charge in [0, 0.05) is 36.3 Å². The Hall–Kier alpha value is -1.44. The molecule has 1 saturated heterocycles. The molecule has 0 aromatic carbocycles. The van der Waals surface area contributed by atoms with Crippen LogP contribution in [0.25, 0.3) is 10.6 Å². The average molecular weight is 423 g/mol. The fraction of sp³-hybridized carbons (Fsp3) is 0.650. The molecule has 1 amide bonds. The SMILES string of the molecule is Cc1noc(C)c1-c1nc2c(s1)CCC(C(=O)N1C[C@H]3CC[C@@H](C1)C3N)C2.Cl. The smallest absolute Gasteiger partial charge is 0.226 e. The van der Waals surface area contributed by atoms with Crippen LogP contribution in [0.4, 0.5) is 0 Å². The molecule has 2 aromatic heterocycles. The number of piperidine rings is 1. The van der Waals surface area contributed by atoms with Crippen molar-refractivity contribution in [1.29, 1.82) is 0 Å². The maximum Gasteiger partial charge on any atom is 0.226 e. The van der Waals surface area contributed by atoms with Crippen molar-refractivity contribution >= 4 is 29.7 Å². The number of carbonyl (C=O) groups is 1. The van der Waals surface area contributed by atoms with Crippen molar-refractivity contribution in [3.05, 3.63) is 22.0 Å². The van der Waals surface area contributed by atoms with Crippen LogP contribution in [0, 0.1) is 31.6 Å². The molecule has 0 spiro atoms. The number of nitrogens with zero attached hydrogens (tertiary/aromatic N) is 3. The summed E-state index contributed by atoms with van der Waals surface area (Å²) in [4.78, 5) is 21.5. The highest BCUT2D eigenvalue weighted by molar-refractivity contribution is 7.15. The van der Waals surface area contributed by atoms with Gasteiger partial charge in [0.15, 0.2) is 0 Å². The number of hydrogen-bond donors (Lipinski definition) is 1. The van der Waals surface area contributed by atoms with Crippen molar-refractivity contribution in [1.82, 2.24) is 15.0 Å². The molecule has 2 aromatic rings. The van der Waals surface area contributed by atoms with Gasteiger partial charge in [-0.2, -0.15) is 0 Å². The third-order valence-electron chi connectivity index (χ3n) is 6.75. The van der Waals surface area contributed by atoms with E-state index in [1.54, 1.807) is 11.3 Å².